The second kappa shape index (κ2) is 6.12. The molecule has 2 aromatic carbocycles. The zero-order chi connectivity index (χ0) is 17.2. The van der Waals surface area contributed by atoms with E-state index < -0.39 is 23.5 Å². The Bertz CT molecular complexity index is 769. The van der Waals surface area contributed by atoms with Crippen LogP contribution in [0.3, 0.4) is 0 Å². The van der Waals surface area contributed by atoms with Gasteiger partial charge in [-0.25, -0.2) is 4.79 Å². The van der Waals surface area contributed by atoms with E-state index in [0.717, 1.165) is 18.2 Å². The molecule has 0 saturated heterocycles. The van der Waals surface area contributed by atoms with Gasteiger partial charge in [0.1, 0.15) is 0 Å². The van der Waals surface area contributed by atoms with Crippen molar-refractivity contribution in [2.45, 2.75) is 13.1 Å². The lowest BCUT2D eigenvalue weighted by molar-refractivity contribution is -0.137. The number of nitrogens with one attached hydrogen (secondary N) is 1. The Balaban J connectivity index is 2.54. The molecule has 0 atom stereocenters. The minimum absolute atomic E-state index is 0.0400. The van der Waals surface area contributed by atoms with E-state index in [1.807, 2.05) is 0 Å². The highest BCUT2D eigenvalue weighted by Gasteiger charge is 2.31. The van der Waals surface area contributed by atoms with Crippen LogP contribution in [0.4, 0.5) is 24.5 Å². The first-order valence-electron chi connectivity index (χ1n) is 6.51. The molecular formula is C16H12F3NO3. The van der Waals surface area contributed by atoms with Crippen LogP contribution in [0.1, 0.15) is 33.2 Å². The first-order chi connectivity index (χ1) is 10.7. The van der Waals surface area contributed by atoms with Crippen molar-refractivity contribution in [2.75, 3.05) is 5.32 Å². The van der Waals surface area contributed by atoms with Crippen LogP contribution in [0.25, 0.3) is 0 Å². The minimum atomic E-state index is -4.57. The van der Waals surface area contributed by atoms with Gasteiger partial charge in [0.25, 0.3) is 0 Å². The van der Waals surface area contributed by atoms with Gasteiger partial charge in [-0.15, -0.1) is 0 Å². The molecule has 7 heteroatoms. The normalized spacial score (nSPS) is 11.1. The van der Waals surface area contributed by atoms with E-state index in [0.29, 0.717) is 0 Å². The van der Waals surface area contributed by atoms with Crippen molar-refractivity contribution in [2.24, 2.45) is 0 Å². The number of benzene rings is 2. The quantitative estimate of drug-likeness (QED) is 0.821. The summed E-state index contributed by atoms with van der Waals surface area (Å²) in [5.74, 6) is -1.67. The number of carbonyl (C=O) groups is 2. The number of para-hydroxylation sites is 1. The van der Waals surface area contributed by atoms with Gasteiger partial charge in [0.2, 0.25) is 0 Å². The van der Waals surface area contributed by atoms with Gasteiger partial charge in [-0.2, -0.15) is 13.2 Å². The van der Waals surface area contributed by atoms with Crippen LogP contribution >= 0.6 is 0 Å². The molecule has 0 aliphatic carbocycles. The lowest BCUT2D eigenvalue weighted by Gasteiger charge is -2.15. The summed E-state index contributed by atoms with van der Waals surface area (Å²) in [6, 6.07) is 8.42. The van der Waals surface area contributed by atoms with Crippen LogP contribution < -0.4 is 5.32 Å². The van der Waals surface area contributed by atoms with Gasteiger partial charge in [0.15, 0.2) is 5.78 Å². The van der Waals surface area contributed by atoms with E-state index in [4.69, 9.17) is 5.11 Å². The van der Waals surface area contributed by atoms with Crippen molar-refractivity contribution in [1.82, 2.24) is 0 Å². The predicted molar refractivity (Wildman–Crippen MR) is 78.1 cm³/mol. The van der Waals surface area contributed by atoms with Gasteiger partial charge in [-0.1, -0.05) is 12.1 Å². The minimum Gasteiger partial charge on any atom is -0.478 e. The number of carboxylic acid groups (broad SMARTS) is 1. The number of hydrogen-bond acceptors (Lipinski definition) is 3. The summed E-state index contributed by atoms with van der Waals surface area (Å²) in [6.07, 6.45) is -4.57. The smallest absolute Gasteiger partial charge is 0.416 e. The second-order valence-corrected chi connectivity index (χ2v) is 4.79. The highest BCUT2D eigenvalue weighted by Crippen LogP contribution is 2.34. The van der Waals surface area contributed by atoms with Crippen molar-refractivity contribution in [3.63, 3.8) is 0 Å². The fraction of sp³-hybridized carbons (Fsp3) is 0.125. The van der Waals surface area contributed by atoms with Crippen molar-refractivity contribution >= 4 is 23.1 Å². The van der Waals surface area contributed by atoms with Crippen LogP contribution in [0.5, 0.6) is 0 Å². The Hall–Kier alpha value is -2.83. The predicted octanol–water partition coefficient (Wildman–Crippen LogP) is 4.35. The Morgan fingerprint density at radius 3 is 2.22 bits per heavy atom. The molecule has 2 aromatic rings. The van der Waals surface area contributed by atoms with Crippen LogP contribution in [0, 0.1) is 0 Å². The third kappa shape index (κ3) is 3.68. The Morgan fingerprint density at radius 2 is 1.65 bits per heavy atom. The number of aromatic carboxylic acids is 1. The van der Waals surface area contributed by atoms with E-state index in [1.165, 1.54) is 31.2 Å². The van der Waals surface area contributed by atoms with Crippen molar-refractivity contribution < 1.29 is 27.9 Å². The van der Waals surface area contributed by atoms with Crippen LogP contribution in [0.15, 0.2) is 42.5 Å². The summed E-state index contributed by atoms with van der Waals surface area (Å²) < 4.78 is 38.5. The van der Waals surface area contributed by atoms with E-state index >= 15 is 0 Å². The Morgan fingerprint density at radius 1 is 1.00 bits per heavy atom. The molecule has 0 unspecified atom stereocenters. The summed E-state index contributed by atoms with van der Waals surface area (Å²) in [4.78, 5) is 22.8. The van der Waals surface area contributed by atoms with Gasteiger partial charge < -0.3 is 10.4 Å². The van der Waals surface area contributed by atoms with Crippen molar-refractivity contribution in [3.8, 4) is 0 Å². The van der Waals surface area contributed by atoms with E-state index in [1.54, 1.807) is 0 Å². The highest BCUT2D eigenvalue weighted by molar-refractivity contribution is 6.02. The molecule has 0 saturated carbocycles. The van der Waals surface area contributed by atoms with Gasteiger partial charge in [0.05, 0.1) is 16.8 Å². The number of carboxylic acids is 1. The molecule has 0 heterocycles. The molecule has 2 N–H and O–H groups in total. The number of carbonyl (C=O) groups excluding carboxylic acids is 1. The largest absolute Gasteiger partial charge is 0.478 e. The van der Waals surface area contributed by atoms with E-state index in [-0.39, 0.29) is 22.5 Å². The maximum atomic E-state index is 12.8. The topological polar surface area (TPSA) is 66.4 Å². The van der Waals surface area contributed by atoms with Crippen LogP contribution in [0.2, 0.25) is 0 Å². The number of rotatable bonds is 4. The monoisotopic (exact) mass is 323 g/mol. The Kier molecular flexibility index (Phi) is 4.40. The summed E-state index contributed by atoms with van der Waals surface area (Å²) in [6.45, 7) is 1.22. The molecular weight excluding hydrogens is 311 g/mol. The third-order valence-corrected chi connectivity index (χ3v) is 3.15. The Labute approximate surface area is 129 Å². The number of halogens is 3. The number of ketones is 1. The molecule has 0 aliphatic rings. The molecule has 0 amide bonds. The molecule has 0 fully saturated rings. The van der Waals surface area contributed by atoms with Gasteiger partial charge in [-0.3, -0.25) is 4.79 Å². The SMILES string of the molecule is CC(=O)c1ccc(C(F)(F)F)cc1Nc1ccccc1C(=O)O. The lowest BCUT2D eigenvalue weighted by Crippen LogP contribution is -2.09. The van der Waals surface area contributed by atoms with E-state index in [2.05, 4.69) is 5.32 Å². The molecule has 0 radical (unpaired) electrons. The summed E-state index contributed by atoms with van der Waals surface area (Å²) in [5, 5.41) is 11.7. The zero-order valence-electron chi connectivity index (χ0n) is 11.9. The number of alkyl halides is 3. The average molecular weight is 323 g/mol. The fourth-order valence-corrected chi connectivity index (χ4v) is 2.05. The average Bonchev–Trinajstić information content (AvgIpc) is 2.46. The standard InChI is InChI=1S/C16H12F3NO3/c1-9(21)11-7-6-10(16(17,18)19)8-14(11)20-13-5-3-2-4-12(13)15(22)23/h2-8,20H,1H3,(H,22,23). The molecule has 120 valence electrons. The summed E-state index contributed by atoms with van der Waals surface area (Å²) in [7, 11) is 0. The fourth-order valence-electron chi connectivity index (χ4n) is 2.05. The number of Topliss-reactive ketones (excluding diaryl/α,β-unsaturated/α-hetero) is 1. The molecule has 23 heavy (non-hydrogen) atoms. The number of anilines is 2. The molecule has 4 nitrogen and oxygen atoms in total. The first-order valence-corrected chi connectivity index (χ1v) is 6.51. The number of hydrogen-bond donors (Lipinski definition) is 2. The van der Waals surface area contributed by atoms with Crippen molar-refractivity contribution in [1.29, 1.82) is 0 Å². The van der Waals surface area contributed by atoms with E-state index in [9.17, 15) is 22.8 Å². The molecule has 0 spiro atoms. The highest BCUT2D eigenvalue weighted by atomic mass is 19.4. The van der Waals surface area contributed by atoms with Crippen molar-refractivity contribution in [3.05, 3.63) is 59.2 Å². The maximum Gasteiger partial charge on any atom is 0.416 e. The zero-order valence-corrected chi connectivity index (χ0v) is 11.9. The maximum absolute atomic E-state index is 12.8. The van der Waals surface area contributed by atoms with Crippen LogP contribution in [-0.2, 0) is 6.18 Å². The van der Waals surface area contributed by atoms with Gasteiger partial charge >= 0.3 is 12.1 Å². The third-order valence-electron chi connectivity index (χ3n) is 3.15. The summed E-state index contributed by atoms with van der Waals surface area (Å²) in [5.41, 5.74) is -1.00. The molecule has 0 aromatic heterocycles. The first kappa shape index (κ1) is 16.5. The van der Waals surface area contributed by atoms with Gasteiger partial charge in [-0.05, 0) is 37.3 Å². The summed E-state index contributed by atoms with van der Waals surface area (Å²) >= 11 is 0. The molecule has 0 aliphatic heterocycles. The second-order valence-electron chi connectivity index (χ2n) is 4.79. The molecule has 2 rings (SSSR count). The lowest BCUT2D eigenvalue weighted by atomic mass is 10.0. The van der Waals surface area contributed by atoms with Gasteiger partial charge in [0, 0.05) is 11.3 Å². The molecule has 0 bridgehead atoms. The van der Waals surface area contributed by atoms with Crippen LogP contribution in [-0.4, -0.2) is 16.9 Å².